The molecular formula is C28H27N3O4S. The van der Waals surface area contributed by atoms with Gasteiger partial charge in [0.15, 0.2) is 5.58 Å². The van der Waals surface area contributed by atoms with Crippen molar-refractivity contribution in [3.8, 4) is 33.6 Å². The lowest BCUT2D eigenvalue weighted by Crippen LogP contribution is -2.35. The summed E-state index contributed by atoms with van der Waals surface area (Å²) in [6.07, 6.45) is 3.54. The van der Waals surface area contributed by atoms with Gasteiger partial charge in [0.1, 0.15) is 29.2 Å². The molecule has 3 aromatic heterocycles. The lowest BCUT2D eigenvalue weighted by atomic mass is 10.0. The Balaban J connectivity index is 1.26. The second kappa shape index (κ2) is 10.4. The van der Waals surface area contributed by atoms with Crippen LogP contribution < -0.4 is 4.74 Å². The number of benzene rings is 1. The van der Waals surface area contributed by atoms with Gasteiger partial charge >= 0.3 is 0 Å². The van der Waals surface area contributed by atoms with Gasteiger partial charge in [0.2, 0.25) is 0 Å². The van der Waals surface area contributed by atoms with Crippen molar-refractivity contribution in [2.75, 3.05) is 39.5 Å². The molecule has 5 heterocycles. The Bertz CT molecular complexity index is 1390. The zero-order valence-corrected chi connectivity index (χ0v) is 20.8. The highest BCUT2D eigenvalue weighted by Crippen LogP contribution is 2.37. The van der Waals surface area contributed by atoms with Crippen molar-refractivity contribution in [2.45, 2.75) is 25.5 Å². The molecule has 6 rings (SSSR count). The zero-order valence-electron chi connectivity index (χ0n) is 19.9. The SMILES string of the molecule is N#Cc1cc(-c2ccnc3cc(-c4ccc(CN5CCOCC5)s4)oc23)ccc1OC1CCOCC1. The molecule has 2 saturated heterocycles. The number of ether oxygens (including phenoxy) is 3. The van der Waals surface area contributed by atoms with Crippen LogP contribution in [0, 0.1) is 11.3 Å². The van der Waals surface area contributed by atoms with Crippen molar-refractivity contribution in [1.82, 2.24) is 9.88 Å². The molecule has 2 aliphatic heterocycles. The van der Waals surface area contributed by atoms with Crippen LogP contribution in [0.1, 0.15) is 23.3 Å². The lowest BCUT2D eigenvalue weighted by molar-refractivity contribution is 0.0254. The van der Waals surface area contributed by atoms with Crippen molar-refractivity contribution < 1.29 is 18.6 Å². The molecule has 0 radical (unpaired) electrons. The van der Waals surface area contributed by atoms with E-state index in [9.17, 15) is 5.26 Å². The van der Waals surface area contributed by atoms with Gasteiger partial charge in [-0.15, -0.1) is 11.3 Å². The monoisotopic (exact) mass is 501 g/mol. The maximum absolute atomic E-state index is 9.81. The highest BCUT2D eigenvalue weighted by Gasteiger charge is 2.19. The van der Waals surface area contributed by atoms with Gasteiger partial charge in [-0.2, -0.15) is 5.26 Å². The van der Waals surface area contributed by atoms with Gasteiger partial charge in [0.25, 0.3) is 0 Å². The molecule has 0 atom stereocenters. The minimum Gasteiger partial charge on any atom is -0.489 e. The van der Waals surface area contributed by atoms with E-state index in [1.807, 2.05) is 30.3 Å². The predicted octanol–water partition coefficient (Wildman–Crippen LogP) is 5.48. The van der Waals surface area contributed by atoms with Crippen molar-refractivity contribution in [1.29, 1.82) is 5.26 Å². The van der Waals surface area contributed by atoms with Gasteiger partial charge in [0, 0.05) is 55.2 Å². The summed E-state index contributed by atoms with van der Waals surface area (Å²) >= 11 is 1.75. The number of fused-ring (bicyclic) bond motifs is 1. The molecule has 1 aromatic carbocycles. The fourth-order valence-electron chi connectivity index (χ4n) is 4.72. The number of thiophene rings is 1. The maximum atomic E-state index is 9.81. The third-order valence-corrected chi connectivity index (χ3v) is 7.76. The number of nitriles is 1. The van der Waals surface area contributed by atoms with Crippen LogP contribution in [-0.2, 0) is 16.0 Å². The van der Waals surface area contributed by atoms with E-state index >= 15 is 0 Å². The first-order valence-corrected chi connectivity index (χ1v) is 13.1. The fourth-order valence-corrected chi connectivity index (χ4v) is 5.73. The molecular weight excluding hydrogens is 474 g/mol. The molecule has 0 amide bonds. The summed E-state index contributed by atoms with van der Waals surface area (Å²) in [6, 6.07) is 16.3. The van der Waals surface area contributed by atoms with Crippen LogP contribution in [0.15, 0.2) is 53.1 Å². The van der Waals surface area contributed by atoms with Gasteiger partial charge in [-0.1, -0.05) is 6.07 Å². The highest BCUT2D eigenvalue weighted by molar-refractivity contribution is 7.15. The van der Waals surface area contributed by atoms with E-state index in [4.69, 9.17) is 18.6 Å². The van der Waals surface area contributed by atoms with Gasteiger partial charge < -0.3 is 18.6 Å². The summed E-state index contributed by atoms with van der Waals surface area (Å²) in [6.45, 7) is 5.85. The van der Waals surface area contributed by atoms with E-state index in [1.165, 1.54) is 4.88 Å². The smallest absolute Gasteiger partial charge is 0.161 e. The topological polar surface area (TPSA) is 80.8 Å². The first-order valence-electron chi connectivity index (χ1n) is 12.3. The molecule has 0 aliphatic carbocycles. The summed E-state index contributed by atoms with van der Waals surface area (Å²) in [5.74, 6) is 1.42. The summed E-state index contributed by atoms with van der Waals surface area (Å²) in [4.78, 5) is 9.34. The second-order valence-electron chi connectivity index (χ2n) is 9.09. The summed E-state index contributed by atoms with van der Waals surface area (Å²) in [5, 5.41) is 9.81. The molecule has 8 heteroatoms. The molecule has 0 saturated carbocycles. The van der Waals surface area contributed by atoms with Crippen LogP contribution in [0.4, 0.5) is 0 Å². The first kappa shape index (κ1) is 23.2. The number of morpholine rings is 1. The molecule has 4 aromatic rings. The number of rotatable bonds is 6. The van der Waals surface area contributed by atoms with Crippen molar-refractivity contribution in [3.05, 3.63) is 59.1 Å². The molecule has 0 bridgehead atoms. The lowest BCUT2D eigenvalue weighted by Gasteiger charge is -2.25. The van der Waals surface area contributed by atoms with Gasteiger partial charge in [-0.25, -0.2) is 0 Å². The minimum atomic E-state index is 0.0795. The second-order valence-corrected chi connectivity index (χ2v) is 10.3. The summed E-state index contributed by atoms with van der Waals surface area (Å²) in [7, 11) is 0. The third kappa shape index (κ3) is 4.88. The van der Waals surface area contributed by atoms with Crippen molar-refractivity contribution >= 4 is 22.4 Å². The van der Waals surface area contributed by atoms with Crippen molar-refractivity contribution in [2.24, 2.45) is 0 Å². The first-order chi connectivity index (χ1) is 17.8. The molecule has 0 unspecified atom stereocenters. The number of aromatic nitrogens is 1. The largest absolute Gasteiger partial charge is 0.489 e. The number of nitrogens with zero attached hydrogens (tertiary/aromatic N) is 3. The zero-order chi connectivity index (χ0) is 24.3. The Labute approximate surface area is 213 Å². The number of pyridine rings is 1. The van der Waals surface area contributed by atoms with E-state index < -0.39 is 0 Å². The molecule has 2 aliphatic rings. The standard InChI is InChI=1S/C28H27N3O4S/c29-17-20-15-19(1-3-25(20)34-21-6-11-32-12-7-21)23-5-8-30-24-16-26(35-28(23)24)27-4-2-22(36-27)18-31-9-13-33-14-10-31/h1-5,8,15-16,21H,6-7,9-14,18H2. The van der Waals surface area contributed by atoms with Crippen LogP contribution >= 0.6 is 11.3 Å². The summed E-state index contributed by atoms with van der Waals surface area (Å²) in [5.41, 5.74) is 3.84. The number of hydrogen-bond acceptors (Lipinski definition) is 8. The summed E-state index contributed by atoms with van der Waals surface area (Å²) < 4.78 is 23.4. The average molecular weight is 502 g/mol. The quantitative estimate of drug-likeness (QED) is 0.346. The fraction of sp³-hybridized carbons (Fsp3) is 0.357. The van der Waals surface area contributed by atoms with Crippen molar-refractivity contribution in [3.63, 3.8) is 0 Å². The molecule has 0 spiro atoms. The highest BCUT2D eigenvalue weighted by atomic mass is 32.1. The molecule has 36 heavy (non-hydrogen) atoms. The molecule has 0 N–H and O–H groups in total. The Morgan fingerprint density at radius 3 is 2.69 bits per heavy atom. The van der Waals surface area contributed by atoms with Gasteiger partial charge in [0.05, 0.1) is 36.9 Å². The van der Waals surface area contributed by atoms with E-state index in [0.717, 1.165) is 78.6 Å². The van der Waals surface area contributed by atoms with Gasteiger partial charge in [-0.05, 0) is 35.9 Å². The van der Waals surface area contributed by atoms with E-state index in [1.54, 1.807) is 17.5 Å². The molecule has 184 valence electrons. The third-order valence-electron chi connectivity index (χ3n) is 6.67. The average Bonchev–Trinajstić information content (AvgIpc) is 3.57. The van der Waals surface area contributed by atoms with Crippen LogP contribution in [-0.4, -0.2) is 55.5 Å². The van der Waals surface area contributed by atoms with Crippen LogP contribution in [0.3, 0.4) is 0 Å². The Hall–Kier alpha value is -3.22. The van der Waals surface area contributed by atoms with E-state index in [2.05, 4.69) is 28.1 Å². The molecule has 2 fully saturated rings. The Morgan fingerprint density at radius 2 is 1.86 bits per heavy atom. The number of furan rings is 1. The Morgan fingerprint density at radius 1 is 1.03 bits per heavy atom. The van der Waals surface area contributed by atoms with Gasteiger partial charge in [-0.3, -0.25) is 9.88 Å². The number of hydrogen-bond donors (Lipinski definition) is 0. The van der Waals surface area contributed by atoms with Crippen LogP contribution in [0.25, 0.3) is 32.9 Å². The molecule has 7 nitrogen and oxygen atoms in total. The minimum absolute atomic E-state index is 0.0795. The maximum Gasteiger partial charge on any atom is 0.161 e. The van der Waals surface area contributed by atoms with E-state index in [0.29, 0.717) is 24.5 Å². The van der Waals surface area contributed by atoms with E-state index in [-0.39, 0.29) is 6.10 Å². The normalized spacial score (nSPS) is 17.3. The predicted molar refractivity (Wildman–Crippen MR) is 138 cm³/mol. The van der Waals surface area contributed by atoms with Crippen LogP contribution in [0.2, 0.25) is 0 Å². The van der Waals surface area contributed by atoms with Crippen LogP contribution in [0.5, 0.6) is 5.75 Å². The Kier molecular flexibility index (Phi) is 6.71.